The molecule has 0 aliphatic rings. The summed E-state index contributed by atoms with van der Waals surface area (Å²) in [5, 5.41) is 3.37. The molecule has 114 valence electrons. The van der Waals surface area contributed by atoms with Gasteiger partial charge in [-0.2, -0.15) is 0 Å². The lowest BCUT2D eigenvalue weighted by Gasteiger charge is -2.15. The molecule has 0 aromatic carbocycles. The van der Waals surface area contributed by atoms with Gasteiger partial charge in [-0.15, -0.1) is 11.3 Å². The Labute approximate surface area is 131 Å². The van der Waals surface area contributed by atoms with Crippen molar-refractivity contribution in [3.63, 3.8) is 0 Å². The Morgan fingerprint density at radius 1 is 1.14 bits per heavy atom. The number of nitrogens with one attached hydrogen (secondary N) is 1. The minimum Gasteiger partial charge on any atom is -0.370 e. The Morgan fingerprint density at radius 2 is 1.86 bits per heavy atom. The predicted octanol–water partition coefficient (Wildman–Crippen LogP) is 4.81. The second-order valence-corrected chi connectivity index (χ2v) is 7.34. The van der Waals surface area contributed by atoms with E-state index in [1.807, 2.05) is 0 Å². The van der Waals surface area contributed by atoms with Gasteiger partial charge in [-0.05, 0) is 37.8 Å². The van der Waals surface area contributed by atoms with E-state index in [-0.39, 0.29) is 5.41 Å². The first-order valence-corrected chi connectivity index (χ1v) is 8.40. The fourth-order valence-electron chi connectivity index (χ4n) is 2.30. The monoisotopic (exact) mass is 303 g/mol. The molecule has 0 saturated carbocycles. The normalized spacial score (nSPS) is 11.7. The van der Waals surface area contributed by atoms with Crippen molar-refractivity contribution in [2.45, 2.75) is 53.4 Å². The van der Waals surface area contributed by atoms with Gasteiger partial charge in [0.25, 0.3) is 0 Å². The molecule has 2 heterocycles. The molecule has 4 heteroatoms. The third kappa shape index (κ3) is 3.43. The van der Waals surface area contributed by atoms with Gasteiger partial charge in [0, 0.05) is 22.7 Å². The molecule has 0 radical (unpaired) electrons. The third-order valence-electron chi connectivity index (χ3n) is 3.48. The summed E-state index contributed by atoms with van der Waals surface area (Å²) >= 11 is 1.79. The van der Waals surface area contributed by atoms with Crippen LogP contribution in [-0.2, 0) is 11.8 Å². The predicted molar refractivity (Wildman–Crippen MR) is 92.3 cm³/mol. The van der Waals surface area contributed by atoms with Gasteiger partial charge in [-0.3, -0.25) is 0 Å². The number of hydrogen-bond donors (Lipinski definition) is 1. The van der Waals surface area contributed by atoms with Crippen molar-refractivity contribution in [1.82, 2.24) is 9.97 Å². The van der Waals surface area contributed by atoms with E-state index >= 15 is 0 Å². The molecule has 0 amide bonds. The minimum atomic E-state index is 0.172. The van der Waals surface area contributed by atoms with Crippen molar-refractivity contribution in [2.24, 2.45) is 0 Å². The lowest BCUT2D eigenvalue weighted by atomic mass is 9.95. The Kier molecular flexibility index (Phi) is 4.67. The van der Waals surface area contributed by atoms with E-state index in [0.717, 1.165) is 35.2 Å². The maximum Gasteiger partial charge on any atom is 0.171 e. The first-order chi connectivity index (χ1) is 9.86. The number of thiophene rings is 1. The molecule has 0 spiro atoms. The van der Waals surface area contributed by atoms with E-state index < -0.39 is 0 Å². The maximum absolute atomic E-state index is 4.75. The molecule has 0 unspecified atom stereocenters. The zero-order chi connectivity index (χ0) is 15.6. The van der Waals surface area contributed by atoms with Crippen LogP contribution in [0.15, 0.2) is 12.1 Å². The third-order valence-corrected chi connectivity index (χ3v) is 4.98. The van der Waals surface area contributed by atoms with Crippen LogP contribution in [0.4, 0.5) is 5.82 Å². The molecule has 2 aromatic rings. The van der Waals surface area contributed by atoms with Crippen LogP contribution in [0.1, 0.15) is 50.8 Å². The van der Waals surface area contributed by atoms with Gasteiger partial charge >= 0.3 is 0 Å². The Bertz CT molecular complexity index is 623. The molecular weight excluding hydrogens is 278 g/mol. The molecule has 0 aliphatic heterocycles. The van der Waals surface area contributed by atoms with E-state index in [9.17, 15) is 0 Å². The van der Waals surface area contributed by atoms with Crippen molar-refractivity contribution in [3.05, 3.63) is 28.3 Å². The smallest absolute Gasteiger partial charge is 0.171 e. The molecule has 0 fully saturated rings. The highest BCUT2D eigenvalue weighted by molar-refractivity contribution is 7.15. The number of aromatic nitrogens is 2. The number of nitrogens with zero attached hydrogens (tertiary/aromatic N) is 2. The Hall–Kier alpha value is -1.42. The van der Waals surface area contributed by atoms with Crippen molar-refractivity contribution in [2.75, 3.05) is 11.9 Å². The number of aryl methyl sites for hydroxylation is 1. The van der Waals surface area contributed by atoms with Crippen LogP contribution in [0.2, 0.25) is 0 Å². The SMILES string of the molecule is CCNc1nc(-c2ccc(C(C)(C)C)s2)nc(C)c1CC. The van der Waals surface area contributed by atoms with Gasteiger partial charge in [0.15, 0.2) is 5.82 Å². The summed E-state index contributed by atoms with van der Waals surface area (Å²) in [6.45, 7) is 13.9. The fraction of sp³-hybridized carbons (Fsp3) is 0.529. The zero-order valence-corrected chi connectivity index (χ0v) is 14.7. The van der Waals surface area contributed by atoms with Gasteiger partial charge in [0.2, 0.25) is 0 Å². The molecule has 21 heavy (non-hydrogen) atoms. The minimum absolute atomic E-state index is 0.172. The molecule has 2 aromatic heterocycles. The van der Waals surface area contributed by atoms with Crippen molar-refractivity contribution in [1.29, 1.82) is 0 Å². The standard InChI is InChI=1S/C17H25N3S/c1-7-12-11(3)19-16(20-15(12)18-8-2)13-9-10-14(21-13)17(4,5)6/h9-10H,7-8H2,1-6H3,(H,18,19,20). The van der Waals surface area contributed by atoms with E-state index in [1.165, 1.54) is 10.4 Å². The number of hydrogen-bond acceptors (Lipinski definition) is 4. The van der Waals surface area contributed by atoms with Crippen LogP contribution in [0.3, 0.4) is 0 Å². The van der Waals surface area contributed by atoms with Crippen molar-refractivity contribution in [3.8, 4) is 10.7 Å². The largest absolute Gasteiger partial charge is 0.370 e. The topological polar surface area (TPSA) is 37.8 Å². The van der Waals surface area contributed by atoms with E-state index in [0.29, 0.717) is 0 Å². The summed E-state index contributed by atoms with van der Waals surface area (Å²) in [4.78, 5) is 12.0. The fourth-order valence-corrected chi connectivity index (χ4v) is 3.30. The molecule has 0 aliphatic carbocycles. The van der Waals surface area contributed by atoms with Crippen LogP contribution >= 0.6 is 11.3 Å². The van der Waals surface area contributed by atoms with Gasteiger partial charge in [0.05, 0.1) is 4.88 Å². The first-order valence-electron chi connectivity index (χ1n) is 7.58. The van der Waals surface area contributed by atoms with Gasteiger partial charge in [0.1, 0.15) is 5.82 Å². The van der Waals surface area contributed by atoms with Gasteiger partial charge < -0.3 is 5.32 Å². The van der Waals surface area contributed by atoms with E-state index in [1.54, 1.807) is 11.3 Å². The molecule has 0 bridgehead atoms. The van der Waals surface area contributed by atoms with Gasteiger partial charge in [-0.25, -0.2) is 9.97 Å². The highest BCUT2D eigenvalue weighted by Gasteiger charge is 2.18. The second kappa shape index (κ2) is 6.14. The van der Waals surface area contributed by atoms with Crippen LogP contribution < -0.4 is 5.32 Å². The van der Waals surface area contributed by atoms with Crippen LogP contribution in [0.5, 0.6) is 0 Å². The summed E-state index contributed by atoms with van der Waals surface area (Å²) in [5.74, 6) is 1.81. The van der Waals surface area contributed by atoms with Crippen LogP contribution in [-0.4, -0.2) is 16.5 Å². The zero-order valence-electron chi connectivity index (χ0n) is 13.9. The van der Waals surface area contributed by atoms with Crippen molar-refractivity contribution < 1.29 is 0 Å². The molecule has 0 atom stereocenters. The lowest BCUT2D eigenvalue weighted by Crippen LogP contribution is -2.08. The van der Waals surface area contributed by atoms with Crippen LogP contribution in [0, 0.1) is 6.92 Å². The van der Waals surface area contributed by atoms with Crippen LogP contribution in [0.25, 0.3) is 10.7 Å². The molecule has 1 N–H and O–H groups in total. The number of rotatable bonds is 4. The second-order valence-electron chi connectivity index (χ2n) is 6.26. The van der Waals surface area contributed by atoms with E-state index in [4.69, 9.17) is 9.97 Å². The Balaban J connectivity index is 2.47. The summed E-state index contributed by atoms with van der Waals surface area (Å²) in [5.41, 5.74) is 2.46. The average molecular weight is 303 g/mol. The van der Waals surface area contributed by atoms with Crippen molar-refractivity contribution >= 4 is 17.2 Å². The summed E-state index contributed by atoms with van der Waals surface area (Å²) < 4.78 is 0. The Morgan fingerprint density at radius 3 is 2.38 bits per heavy atom. The first kappa shape index (κ1) is 16.0. The highest BCUT2D eigenvalue weighted by Crippen LogP contribution is 2.34. The molecule has 0 saturated heterocycles. The molecular formula is C17H25N3S. The maximum atomic E-state index is 4.75. The summed E-state index contributed by atoms with van der Waals surface area (Å²) in [6, 6.07) is 4.33. The van der Waals surface area contributed by atoms with Gasteiger partial charge in [-0.1, -0.05) is 27.7 Å². The highest BCUT2D eigenvalue weighted by atomic mass is 32.1. The lowest BCUT2D eigenvalue weighted by molar-refractivity contribution is 0.604. The number of anilines is 1. The average Bonchev–Trinajstić information content (AvgIpc) is 2.88. The quantitative estimate of drug-likeness (QED) is 0.881. The summed E-state index contributed by atoms with van der Waals surface area (Å²) in [6.07, 6.45) is 0.951. The molecule has 2 rings (SSSR count). The van der Waals surface area contributed by atoms with E-state index in [2.05, 4.69) is 59.0 Å². The summed E-state index contributed by atoms with van der Waals surface area (Å²) in [7, 11) is 0. The molecule has 3 nitrogen and oxygen atoms in total.